The summed E-state index contributed by atoms with van der Waals surface area (Å²) in [6.45, 7) is 0.569. The van der Waals surface area contributed by atoms with Crippen LogP contribution >= 0.6 is 12.2 Å². The second-order valence-corrected chi connectivity index (χ2v) is 5.04. The molecule has 0 spiro atoms. The summed E-state index contributed by atoms with van der Waals surface area (Å²) in [5.41, 5.74) is 3.08. The van der Waals surface area contributed by atoms with Crippen molar-refractivity contribution in [1.82, 2.24) is 14.8 Å². The number of H-pyrrole nitrogens is 1. The fourth-order valence-electron chi connectivity index (χ4n) is 2.27. The topological polar surface area (TPSA) is 42.8 Å². The molecule has 1 N–H and O–H groups in total. The van der Waals surface area contributed by atoms with Crippen LogP contribution in [0.5, 0.6) is 0 Å². The summed E-state index contributed by atoms with van der Waals surface area (Å²) in [7, 11) is 1.69. The number of ether oxygens (including phenoxy) is 1. The van der Waals surface area contributed by atoms with Gasteiger partial charge in [0, 0.05) is 12.7 Å². The molecule has 106 valence electrons. The minimum atomic E-state index is 0.569. The van der Waals surface area contributed by atoms with E-state index >= 15 is 0 Å². The van der Waals surface area contributed by atoms with Gasteiger partial charge in [-0.3, -0.25) is 9.67 Å². The number of aromatic nitrogens is 3. The Morgan fingerprint density at radius 1 is 1.14 bits per heavy atom. The molecular weight excluding hydrogens is 282 g/mol. The third-order valence-electron chi connectivity index (χ3n) is 3.18. The third kappa shape index (κ3) is 2.79. The molecule has 1 heterocycles. The molecule has 5 heteroatoms. The number of hydrogen-bond acceptors (Lipinski definition) is 3. The summed E-state index contributed by atoms with van der Waals surface area (Å²) in [4.78, 5) is 0. The predicted octanol–water partition coefficient (Wildman–Crippen LogP) is 3.74. The zero-order valence-corrected chi connectivity index (χ0v) is 12.4. The first kappa shape index (κ1) is 13.7. The summed E-state index contributed by atoms with van der Waals surface area (Å²) in [6, 6.07) is 18.1. The lowest BCUT2D eigenvalue weighted by molar-refractivity contribution is 0.185. The van der Waals surface area contributed by atoms with E-state index < -0.39 is 0 Å². The second-order valence-electron chi connectivity index (χ2n) is 4.66. The smallest absolute Gasteiger partial charge is 0.200 e. The van der Waals surface area contributed by atoms with Gasteiger partial charge in [-0.2, -0.15) is 5.10 Å². The Labute approximate surface area is 128 Å². The van der Waals surface area contributed by atoms with E-state index in [1.165, 1.54) is 0 Å². The number of nitrogens with zero attached hydrogens (tertiary/aromatic N) is 2. The maximum absolute atomic E-state index is 5.38. The van der Waals surface area contributed by atoms with Crippen molar-refractivity contribution in [2.24, 2.45) is 0 Å². The van der Waals surface area contributed by atoms with Gasteiger partial charge in [0.25, 0.3) is 0 Å². The van der Waals surface area contributed by atoms with Gasteiger partial charge < -0.3 is 4.74 Å². The average Bonchev–Trinajstić information content (AvgIpc) is 2.90. The molecule has 0 saturated heterocycles. The Kier molecular flexibility index (Phi) is 3.94. The molecule has 0 amide bonds. The van der Waals surface area contributed by atoms with Crippen LogP contribution in [0.25, 0.3) is 17.1 Å². The maximum atomic E-state index is 5.38. The number of hydrogen-bond donors (Lipinski definition) is 1. The molecule has 4 nitrogen and oxygen atoms in total. The molecule has 1 aromatic heterocycles. The van der Waals surface area contributed by atoms with Gasteiger partial charge in [-0.05, 0) is 29.9 Å². The van der Waals surface area contributed by atoms with Crippen LogP contribution in [0.4, 0.5) is 0 Å². The van der Waals surface area contributed by atoms with Crippen molar-refractivity contribution >= 4 is 12.2 Å². The van der Waals surface area contributed by atoms with Crippen molar-refractivity contribution in [2.75, 3.05) is 7.11 Å². The molecule has 0 fully saturated rings. The Morgan fingerprint density at radius 2 is 1.95 bits per heavy atom. The van der Waals surface area contributed by atoms with Crippen LogP contribution in [0.2, 0.25) is 0 Å². The summed E-state index contributed by atoms with van der Waals surface area (Å²) in [5, 5.41) is 7.22. The van der Waals surface area contributed by atoms with E-state index in [0.717, 1.165) is 22.6 Å². The van der Waals surface area contributed by atoms with Gasteiger partial charge in [-0.25, -0.2) is 0 Å². The molecule has 3 aromatic rings. The molecule has 0 bridgehead atoms. The minimum absolute atomic E-state index is 0.569. The van der Waals surface area contributed by atoms with Crippen LogP contribution in [-0.4, -0.2) is 21.9 Å². The molecular formula is C16H15N3OS. The quantitative estimate of drug-likeness (QED) is 0.746. The van der Waals surface area contributed by atoms with E-state index in [1.54, 1.807) is 7.11 Å². The third-order valence-corrected chi connectivity index (χ3v) is 3.46. The largest absolute Gasteiger partial charge is 0.380 e. The first-order valence-corrected chi connectivity index (χ1v) is 7.01. The van der Waals surface area contributed by atoms with Crippen molar-refractivity contribution in [1.29, 1.82) is 0 Å². The molecule has 0 atom stereocenters. The van der Waals surface area contributed by atoms with Crippen LogP contribution in [0, 0.1) is 4.77 Å². The Balaban J connectivity index is 2.13. The van der Waals surface area contributed by atoms with Crippen LogP contribution in [0.15, 0.2) is 54.6 Å². The highest BCUT2D eigenvalue weighted by Crippen LogP contribution is 2.21. The van der Waals surface area contributed by atoms with Gasteiger partial charge in [0.2, 0.25) is 0 Å². The highest BCUT2D eigenvalue weighted by atomic mass is 32.1. The van der Waals surface area contributed by atoms with Crippen molar-refractivity contribution in [3.63, 3.8) is 0 Å². The van der Waals surface area contributed by atoms with E-state index in [1.807, 2.05) is 53.1 Å². The Bertz CT molecular complexity index is 793. The number of nitrogens with one attached hydrogen (secondary N) is 1. The highest BCUT2D eigenvalue weighted by molar-refractivity contribution is 7.71. The predicted molar refractivity (Wildman–Crippen MR) is 84.9 cm³/mol. The van der Waals surface area contributed by atoms with Crippen molar-refractivity contribution in [2.45, 2.75) is 6.61 Å². The molecule has 0 saturated carbocycles. The van der Waals surface area contributed by atoms with Gasteiger partial charge in [0.05, 0.1) is 12.3 Å². The zero-order valence-electron chi connectivity index (χ0n) is 11.6. The molecule has 0 radical (unpaired) electrons. The van der Waals surface area contributed by atoms with E-state index in [2.05, 4.69) is 16.3 Å². The van der Waals surface area contributed by atoms with Crippen molar-refractivity contribution < 1.29 is 4.74 Å². The number of methoxy groups -OCH3 is 1. The first-order chi connectivity index (χ1) is 10.3. The normalized spacial score (nSPS) is 10.7. The van der Waals surface area contributed by atoms with E-state index in [9.17, 15) is 0 Å². The maximum Gasteiger partial charge on any atom is 0.200 e. The molecule has 2 aromatic carbocycles. The lowest BCUT2D eigenvalue weighted by atomic mass is 10.2. The number of aromatic amines is 1. The monoisotopic (exact) mass is 297 g/mol. The fourth-order valence-corrected chi connectivity index (χ4v) is 2.51. The van der Waals surface area contributed by atoms with E-state index in [0.29, 0.717) is 11.4 Å². The number of benzene rings is 2. The average molecular weight is 297 g/mol. The molecule has 21 heavy (non-hydrogen) atoms. The Hall–Kier alpha value is -2.24. The summed E-state index contributed by atoms with van der Waals surface area (Å²) >= 11 is 5.38. The molecule has 0 aliphatic carbocycles. The van der Waals surface area contributed by atoms with Crippen molar-refractivity contribution in [3.8, 4) is 17.1 Å². The van der Waals surface area contributed by atoms with Crippen LogP contribution in [0.3, 0.4) is 0 Å². The fraction of sp³-hybridized carbons (Fsp3) is 0.125. The number of rotatable bonds is 4. The molecule has 0 aliphatic heterocycles. The van der Waals surface area contributed by atoms with Crippen LogP contribution < -0.4 is 0 Å². The van der Waals surface area contributed by atoms with Gasteiger partial charge in [-0.15, -0.1) is 0 Å². The molecule has 0 unspecified atom stereocenters. The lowest BCUT2D eigenvalue weighted by Gasteiger charge is -2.08. The highest BCUT2D eigenvalue weighted by Gasteiger charge is 2.10. The van der Waals surface area contributed by atoms with Gasteiger partial charge >= 0.3 is 0 Å². The second kappa shape index (κ2) is 6.03. The van der Waals surface area contributed by atoms with E-state index in [-0.39, 0.29) is 0 Å². The van der Waals surface area contributed by atoms with Gasteiger partial charge in [0.1, 0.15) is 0 Å². The SMILES string of the molecule is COCc1cccc(-n2c(-c3ccccc3)n[nH]c2=S)c1. The summed E-state index contributed by atoms with van der Waals surface area (Å²) in [6.07, 6.45) is 0. The zero-order chi connectivity index (χ0) is 14.7. The summed E-state index contributed by atoms with van der Waals surface area (Å²) in [5.74, 6) is 0.801. The minimum Gasteiger partial charge on any atom is -0.380 e. The Morgan fingerprint density at radius 3 is 2.71 bits per heavy atom. The van der Waals surface area contributed by atoms with E-state index in [4.69, 9.17) is 17.0 Å². The first-order valence-electron chi connectivity index (χ1n) is 6.60. The molecule has 0 aliphatic rings. The lowest BCUT2D eigenvalue weighted by Crippen LogP contribution is -1.99. The van der Waals surface area contributed by atoms with Crippen molar-refractivity contribution in [3.05, 3.63) is 64.9 Å². The van der Waals surface area contributed by atoms with Crippen LogP contribution in [-0.2, 0) is 11.3 Å². The van der Waals surface area contributed by atoms with Gasteiger partial charge in [0.15, 0.2) is 10.6 Å². The standard InChI is InChI=1S/C16H15N3OS/c1-20-11-12-6-5-9-14(10-12)19-15(17-18-16(19)21)13-7-3-2-4-8-13/h2-10H,11H2,1H3,(H,18,21). The summed E-state index contributed by atoms with van der Waals surface area (Å²) < 4.78 is 7.69. The van der Waals surface area contributed by atoms with Crippen LogP contribution in [0.1, 0.15) is 5.56 Å². The van der Waals surface area contributed by atoms with Gasteiger partial charge in [-0.1, -0.05) is 42.5 Å². The molecule has 3 rings (SSSR count).